The predicted molar refractivity (Wildman–Crippen MR) is 63.8 cm³/mol. The molecular formula is C10H14O2S2. The van der Waals surface area contributed by atoms with Crippen molar-refractivity contribution < 1.29 is 9.47 Å². The second kappa shape index (κ2) is 5.53. The van der Waals surface area contributed by atoms with E-state index in [9.17, 15) is 0 Å². The van der Waals surface area contributed by atoms with Gasteiger partial charge in [-0.05, 0) is 12.1 Å². The maximum absolute atomic E-state index is 5.73. The summed E-state index contributed by atoms with van der Waals surface area (Å²) in [5, 5.41) is 0. The molecule has 0 fully saturated rings. The van der Waals surface area contributed by atoms with E-state index in [4.69, 9.17) is 9.47 Å². The lowest BCUT2D eigenvalue weighted by molar-refractivity contribution is 0.0906. The molecule has 1 aliphatic heterocycles. The van der Waals surface area contributed by atoms with Gasteiger partial charge in [0.1, 0.15) is 11.9 Å². The minimum absolute atomic E-state index is 0. The molecule has 1 aromatic carbocycles. The predicted octanol–water partition coefficient (Wildman–Crippen LogP) is 2.30. The molecule has 4 heteroatoms. The Bertz CT molecular complexity index is 291. The lowest BCUT2D eigenvalue weighted by Crippen LogP contribution is -2.27. The van der Waals surface area contributed by atoms with Crippen molar-refractivity contribution in [1.29, 1.82) is 0 Å². The standard InChI is InChI=1S/C10H12O2S.H2S/c1-11-6-8-7-13-10-5-3-2-4-9(10)12-8;/h2-5,8H,6-7H2,1H3;1H2/t8-;/m0./s1. The van der Waals surface area contributed by atoms with Crippen LogP contribution in [0.4, 0.5) is 0 Å². The Morgan fingerprint density at radius 3 is 3.07 bits per heavy atom. The van der Waals surface area contributed by atoms with Crippen molar-refractivity contribution in [3.8, 4) is 5.75 Å². The second-order valence-corrected chi connectivity index (χ2v) is 4.01. The van der Waals surface area contributed by atoms with Crippen LogP contribution in [0.1, 0.15) is 0 Å². The molecule has 0 N–H and O–H groups in total. The van der Waals surface area contributed by atoms with Gasteiger partial charge in [-0.3, -0.25) is 0 Å². The van der Waals surface area contributed by atoms with Gasteiger partial charge in [-0.2, -0.15) is 13.5 Å². The van der Waals surface area contributed by atoms with Gasteiger partial charge in [-0.25, -0.2) is 0 Å². The van der Waals surface area contributed by atoms with Crippen molar-refractivity contribution in [3.63, 3.8) is 0 Å². The van der Waals surface area contributed by atoms with Gasteiger partial charge in [0.25, 0.3) is 0 Å². The van der Waals surface area contributed by atoms with Crippen LogP contribution >= 0.6 is 25.3 Å². The average Bonchev–Trinajstić information content (AvgIpc) is 2.18. The van der Waals surface area contributed by atoms with E-state index in [1.54, 1.807) is 7.11 Å². The van der Waals surface area contributed by atoms with Crippen LogP contribution in [0, 0.1) is 0 Å². The fraction of sp³-hybridized carbons (Fsp3) is 0.400. The Labute approximate surface area is 95.4 Å². The number of para-hydroxylation sites is 1. The highest BCUT2D eigenvalue weighted by atomic mass is 32.2. The zero-order valence-electron chi connectivity index (χ0n) is 8.03. The first-order valence-corrected chi connectivity index (χ1v) is 5.26. The molecule has 0 aliphatic carbocycles. The smallest absolute Gasteiger partial charge is 0.133 e. The number of rotatable bonds is 2. The second-order valence-electron chi connectivity index (χ2n) is 2.95. The van der Waals surface area contributed by atoms with E-state index in [0.29, 0.717) is 6.61 Å². The summed E-state index contributed by atoms with van der Waals surface area (Å²) in [6.07, 6.45) is 0.199. The van der Waals surface area contributed by atoms with Gasteiger partial charge in [0.15, 0.2) is 0 Å². The molecule has 1 aromatic rings. The minimum Gasteiger partial charge on any atom is -0.486 e. The molecule has 14 heavy (non-hydrogen) atoms. The zero-order valence-corrected chi connectivity index (χ0v) is 9.84. The molecule has 1 heterocycles. The summed E-state index contributed by atoms with van der Waals surface area (Å²) >= 11 is 1.83. The van der Waals surface area contributed by atoms with Crippen LogP contribution in [0.25, 0.3) is 0 Å². The maximum atomic E-state index is 5.73. The first kappa shape index (κ1) is 11.8. The highest BCUT2D eigenvalue weighted by molar-refractivity contribution is 7.99. The van der Waals surface area contributed by atoms with Crippen LogP contribution in [0.15, 0.2) is 29.2 Å². The lowest BCUT2D eigenvalue weighted by atomic mass is 10.3. The summed E-state index contributed by atoms with van der Waals surface area (Å²) in [6, 6.07) is 8.12. The van der Waals surface area contributed by atoms with Crippen LogP contribution in [0.2, 0.25) is 0 Å². The van der Waals surface area contributed by atoms with E-state index >= 15 is 0 Å². The molecule has 1 aliphatic rings. The van der Waals surface area contributed by atoms with Crippen molar-refractivity contribution in [2.24, 2.45) is 0 Å². The van der Waals surface area contributed by atoms with E-state index in [-0.39, 0.29) is 19.6 Å². The first-order valence-electron chi connectivity index (χ1n) is 4.27. The summed E-state index contributed by atoms with van der Waals surface area (Å²) in [6.45, 7) is 0.668. The van der Waals surface area contributed by atoms with Gasteiger partial charge < -0.3 is 9.47 Å². The minimum atomic E-state index is 0. The third-order valence-corrected chi connectivity index (χ3v) is 3.11. The molecule has 2 nitrogen and oxygen atoms in total. The average molecular weight is 230 g/mol. The number of fused-ring (bicyclic) bond motifs is 1. The summed E-state index contributed by atoms with van der Waals surface area (Å²) < 4.78 is 10.8. The normalized spacial score (nSPS) is 19.1. The molecule has 2 rings (SSSR count). The van der Waals surface area contributed by atoms with Gasteiger partial charge in [0.05, 0.1) is 6.61 Å². The number of benzene rings is 1. The van der Waals surface area contributed by atoms with Gasteiger partial charge in [0.2, 0.25) is 0 Å². The number of hydrogen-bond donors (Lipinski definition) is 0. The number of hydrogen-bond acceptors (Lipinski definition) is 3. The van der Waals surface area contributed by atoms with E-state index in [1.807, 2.05) is 30.0 Å². The maximum Gasteiger partial charge on any atom is 0.133 e. The van der Waals surface area contributed by atoms with Gasteiger partial charge in [0, 0.05) is 17.8 Å². The molecule has 0 spiro atoms. The van der Waals surface area contributed by atoms with Crippen LogP contribution in [-0.4, -0.2) is 25.6 Å². The molecular weight excluding hydrogens is 216 g/mol. The first-order chi connectivity index (χ1) is 6.40. The van der Waals surface area contributed by atoms with Gasteiger partial charge in [-0.1, -0.05) is 12.1 Å². The van der Waals surface area contributed by atoms with Crippen molar-refractivity contribution >= 4 is 25.3 Å². The molecule has 0 aromatic heterocycles. The molecule has 0 radical (unpaired) electrons. The summed E-state index contributed by atoms with van der Waals surface area (Å²) in [4.78, 5) is 1.23. The third-order valence-electron chi connectivity index (χ3n) is 1.92. The number of thioether (sulfide) groups is 1. The largest absolute Gasteiger partial charge is 0.486 e. The Balaban J connectivity index is 0.000000980. The molecule has 1 atom stereocenters. The summed E-state index contributed by atoms with van der Waals surface area (Å²) in [5.74, 6) is 1.96. The van der Waals surface area contributed by atoms with E-state index in [1.165, 1.54) is 4.90 Å². The van der Waals surface area contributed by atoms with Crippen molar-refractivity contribution in [2.75, 3.05) is 19.5 Å². The van der Waals surface area contributed by atoms with Crippen LogP contribution in [0.5, 0.6) is 5.75 Å². The Morgan fingerprint density at radius 1 is 1.50 bits per heavy atom. The fourth-order valence-electron chi connectivity index (χ4n) is 1.33. The molecule has 0 saturated carbocycles. The van der Waals surface area contributed by atoms with Crippen LogP contribution in [0.3, 0.4) is 0 Å². The Kier molecular flexibility index (Phi) is 4.65. The molecule has 0 saturated heterocycles. The van der Waals surface area contributed by atoms with Gasteiger partial charge in [-0.15, -0.1) is 11.8 Å². The Hall–Kier alpha value is -0.320. The topological polar surface area (TPSA) is 18.5 Å². The third kappa shape index (κ3) is 2.59. The highest BCUT2D eigenvalue weighted by Crippen LogP contribution is 2.34. The SMILES string of the molecule is COC[C@H]1CSc2ccccc2O1.S. The lowest BCUT2D eigenvalue weighted by Gasteiger charge is -2.24. The highest BCUT2D eigenvalue weighted by Gasteiger charge is 2.19. The number of ether oxygens (including phenoxy) is 2. The van der Waals surface area contributed by atoms with E-state index in [2.05, 4.69) is 6.07 Å². The summed E-state index contributed by atoms with van der Waals surface area (Å²) in [5.41, 5.74) is 0. The Morgan fingerprint density at radius 2 is 2.29 bits per heavy atom. The van der Waals surface area contributed by atoms with Crippen LogP contribution in [-0.2, 0) is 4.74 Å². The molecule has 0 unspecified atom stereocenters. The molecule has 0 bridgehead atoms. The summed E-state index contributed by atoms with van der Waals surface area (Å²) in [7, 11) is 1.70. The molecule has 0 amide bonds. The van der Waals surface area contributed by atoms with Crippen LogP contribution < -0.4 is 4.74 Å². The monoisotopic (exact) mass is 230 g/mol. The fourth-order valence-corrected chi connectivity index (χ4v) is 2.29. The van der Waals surface area contributed by atoms with E-state index < -0.39 is 0 Å². The van der Waals surface area contributed by atoms with Gasteiger partial charge >= 0.3 is 0 Å². The quantitative estimate of drug-likeness (QED) is 0.776. The number of methoxy groups -OCH3 is 1. The van der Waals surface area contributed by atoms with Crippen molar-refractivity contribution in [3.05, 3.63) is 24.3 Å². The van der Waals surface area contributed by atoms with E-state index in [0.717, 1.165) is 11.5 Å². The van der Waals surface area contributed by atoms with Crippen molar-refractivity contribution in [2.45, 2.75) is 11.0 Å². The molecule has 78 valence electrons. The van der Waals surface area contributed by atoms with Crippen molar-refractivity contribution in [1.82, 2.24) is 0 Å². The zero-order chi connectivity index (χ0) is 9.10.